The molecule has 0 aliphatic rings. The molecule has 2 unspecified atom stereocenters. The number of aliphatic carboxylic acids is 1. The van der Waals surface area contributed by atoms with Gasteiger partial charge in [-0.15, -0.1) is 0 Å². The number of ether oxygens (including phenoxy) is 3. The summed E-state index contributed by atoms with van der Waals surface area (Å²) in [7, 11) is 5.38. The smallest absolute Gasteiger partial charge is 0.306 e. The third kappa shape index (κ3) is 31.0. The number of likely N-dealkylation sites (N-methyl/N-ethyl adjacent to an activating group) is 1. The lowest BCUT2D eigenvalue weighted by Crippen LogP contribution is -2.55. The molecule has 2 atom stereocenters. The molecule has 0 aromatic carbocycles. The van der Waals surface area contributed by atoms with E-state index < -0.39 is 18.1 Å². The molecule has 282 valence electrons. The summed E-state index contributed by atoms with van der Waals surface area (Å²) < 4.78 is 17.0. The molecule has 49 heavy (non-hydrogen) atoms. The number of allylic oxidation sites excluding steroid dienone is 8. The topological polar surface area (TPSA) is 102 Å². The van der Waals surface area contributed by atoms with Crippen molar-refractivity contribution in [3.8, 4) is 0 Å². The minimum Gasteiger partial charge on any atom is -0.544 e. The molecule has 0 aromatic rings. The Kier molecular flexibility index (Phi) is 30.7. The zero-order valence-corrected chi connectivity index (χ0v) is 31.8. The molecule has 0 fully saturated rings. The molecule has 0 amide bonds. The van der Waals surface area contributed by atoms with Gasteiger partial charge in [0, 0.05) is 19.3 Å². The SMILES string of the molecule is CC/C=C/C=C/C=C/C=C/CCCCCCCC(=O)OCC(COCCC(C(=O)[O-])[N+](C)(C)C)OC(=O)CCCCCCCCCCCC. The molecule has 8 heteroatoms. The van der Waals surface area contributed by atoms with E-state index >= 15 is 0 Å². The van der Waals surface area contributed by atoms with E-state index in [9.17, 15) is 19.5 Å². The average Bonchev–Trinajstić information content (AvgIpc) is 3.05. The highest BCUT2D eigenvalue weighted by atomic mass is 16.6. The van der Waals surface area contributed by atoms with E-state index in [1.807, 2.05) is 30.4 Å². The van der Waals surface area contributed by atoms with E-state index in [1.54, 1.807) is 21.1 Å². The van der Waals surface area contributed by atoms with Crippen molar-refractivity contribution in [1.29, 1.82) is 0 Å². The first-order valence-corrected chi connectivity index (χ1v) is 19.2. The van der Waals surface area contributed by atoms with Crippen LogP contribution in [0.2, 0.25) is 0 Å². The van der Waals surface area contributed by atoms with E-state index in [1.165, 1.54) is 44.9 Å². The molecule has 0 saturated heterocycles. The first-order chi connectivity index (χ1) is 23.6. The van der Waals surface area contributed by atoms with Gasteiger partial charge in [-0.3, -0.25) is 9.59 Å². The quantitative estimate of drug-likeness (QED) is 0.0295. The van der Waals surface area contributed by atoms with Crippen LogP contribution in [0.3, 0.4) is 0 Å². The van der Waals surface area contributed by atoms with Crippen molar-refractivity contribution >= 4 is 17.9 Å². The summed E-state index contributed by atoms with van der Waals surface area (Å²) >= 11 is 0. The summed E-state index contributed by atoms with van der Waals surface area (Å²) in [6.07, 6.45) is 35.6. The zero-order chi connectivity index (χ0) is 36.4. The van der Waals surface area contributed by atoms with Crippen molar-refractivity contribution < 1.29 is 38.2 Å². The van der Waals surface area contributed by atoms with Crippen LogP contribution in [-0.4, -0.2) is 75.5 Å². The summed E-state index contributed by atoms with van der Waals surface area (Å²) in [6, 6.07) is -0.727. The number of rotatable bonds is 33. The summed E-state index contributed by atoms with van der Waals surface area (Å²) in [4.78, 5) is 36.6. The molecule has 8 nitrogen and oxygen atoms in total. The Morgan fingerprint density at radius 3 is 1.69 bits per heavy atom. The number of carbonyl (C=O) groups excluding carboxylic acids is 3. The second kappa shape index (κ2) is 32.5. The molecular weight excluding hydrogens is 618 g/mol. The molecule has 0 saturated carbocycles. The van der Waals surface area contributed by atoms with Gasteiger partial charge in [-0.2, -0.15) is 0 Å². The third-order valence-electron chi connectivity index (χ3n) is 8.32. The number of hydrogen-bond donors (Lipinski definition) is 0. The van der Waals surface area contributed by atoms with Crippen LogP contribution in [0.5, 0.6) is 0 Å². The lowest BCUT2D eigenvalue weighted by molar-refractivity contribution is -0.889. The number of unbranched alkanes of at least 4 members (excludes halogenated alkanes) is 14. The first-order valence-electron chi connectivity index (χ1n) is 19.2. The van der Waals surface area contributed by atoms with Gasteiger partial charge < -0.3 is 28.6 Å². The Balaban J connectivity index is 4.45. The van der Waals surface area contributed by atoms with Crippen molar-refractivity contribution in [2.45, 2.75) is 154 Å². The van der Waals surface area contributed by atoms with Crippen molar-refractivity contribution in [3.63, 3.8) is 0 Å². The van der Waals surface area contributed by atoms with E-state index in [0.717, 1.165) is 64.2 Å². The summed E-state index contributed by atoms with van der Waals surface area (Å²) in [5, 5.41) is 11.6. The van der Waals surface area contributed by atoms with Crippen LogP contribution < -0.4 is 5.11 Å². The lowest BCUT2D eigenvalue weighted by Gasteiger charge is -2.34. The maximum absolute atomic E-state index is 12.6. The average molecular weight is 690 g/mol. The minimum atomic E-state index is -1.13. The molecule has 0 N–H and O–H groups in total. The summed E-state index contributed by atoms with van der Waals surface area (Å²) in [5.41, 5.74) is 0. The normalized spacial score (nSPS) is 13.6. The fourth-order valence-electron chi connectivity index (χ4n) is 5.31. The van der Waals surface area contributed by atoms with Gasteiger partial charge in [0.2, 0.25) is 0 Å². The van der Waals surface area contributed by atoms with Crippen LogP contribution in [0, 0.1) is 0 Å². The molecule has 0 aromatic heterocycles. The largest absolute Gasteiger partial charge is 0.544 e. The number of hydrogen-bond acceptors (Lipinski definition) is 7. The zero-order valence-electron chi connectivity index (χ0n) is 31.8. The van der Waals surface area contributed by atoms with Crippen molar-refractivity contribution in [1.82, 2.24) is 0 Å². The van der Waals surface area contributed by atoms with Crippen molar-refractivity contribution in [2.75, 3.05) is 41.0 Å². The fourth-order valence-corrected chi connectivity index (χ4v) is 5.31. The van der Waals surface area contributed by atoms with Crippen LogP contribution in [0.15, 0.2) is 48.6 Å². The van der Waals surface area contributed by atoms with Gasteiger partial charge in [-0.1, -0.05) is 140 Å². The van der Waals surface area contributed by atoms with Crippen LogP contribution in [-0.2, 0) is 28.6 Å². The predicted octanol–water partition coefficient (Wildman–Crippen LogP) is 8.35. The summed E-state index contributed by atoms with van der Waals surface area (Å²) in [5.74, 6) is -1.77. The van der Waals surface area contributed by atoms with Crippen LogP contribution in [0.4, 0.5) is 0 Å². The highest BCUT2D eigenvalue weighted by Crippen LogP contribution is 2.13. The van der Waals surface area contributed by atoms with Gasteiger partial charge in [0.1, 0.15) is 12.6 Å². The second-order valence-corrected chi connectivity index (χ2v) is 13.9. The standard InChI is InChI=1S/C41H71NO7/c1-6-8-10-12-14-16-18-19-20-21-22-24-25-27-29-31-39(43)48-36-37(35-47-34-33-38(41(45)46)42(3,4)5)49-40(44)32-30-28-26-23-17-15-13-11-9-7-2/h8,10,12,14,16,18-20,37-38H,6-7,9,11,13,15,17,21-36H2,1-5H3/b10-8+,14-12+,18-16+,20-19+. The number of carbonyl (C=O) groups is 3. The monoisotopic (exact) mass is 690 g/mol. The number of nitrogens with zero attached hydrogens (tertiary/aromatic N) is 1. The Hall–Kier alpha value is -2.71. The van der Waals surface area contributed by atoms with Gasteiger partial charge >= 0.3 is 11.9 Å². The maximum Gasteiger partial charge on any atom is 0.306 e. The Morgan fingerprint density at radius 2 is 1.14 bits per heavy atom. The van der Waals surface area contributed by atoms with Gasteiger partial charge in [0.05, 0.1) is 40.3 Å². The Bertz CT molecular complexity index is 948. The fraction of sp³-hybridized carbons (Fsp3) is 0.732. The first kappa shape index (κ1) is 46.3. The van der Waals surface area contributed by atoms with E-state index in [2.05, 4.69) is 32.1 Å². The Labute approximate surface area is 299 Å². The second-order valence-electron chi connectivity index (χ2n) is 13.9. The molecule has 0 rings (SSSR count). The van der Waals surface area contributed by atoms with Crippen molar-refractivity contribution in [2.24, 2.45) is 0 Å². The lowest BCUT2D eigenvalue weighted by atomic mass is 10.1. The van der Waals surface area contributed by atoms with Crippen LogP contribution in [0.1, 0.15) is 142 Å². The minimum absolute atomic E-state index is 0.0329. The number of quaternary nitrogens is 1. The van der Waals surface area contributed by atoms with Gasteiger partial charge in [-0.25, -0.2) is 0 Å². The molecule has 0 aliphatic heterocycles. The van der Waals surface area contributed by atoms with Gasteiger partial charge in [0.15, 0.2) is 6.10 Å². The predicted molar refractivity (Wildman–Crippen MR) is 199 cm³/mol. The molecule has 0 heterocycles. The summed E-state index contributed by atoms with van der Waals surface area (Å²) in [6.45, 7) is 4.46. The van der Waals surface area contributed by atoms with Crippen LogP contribution >= 0.6 is 0 Å². The Morgan fingerprint density at radius 1 is 0.633 bits per heavy atom. The van der Waals surface area contributed by atoms with E-state index in [-0.39, 0.29) is 42.7 Å². The molecule has 0 aliphatic carbocycles. The molecule has 0 bridgehead atoms. The number of esters is 2. The highest BCUT2D eigenvalue weighted by molar-refractivity contribution is 5.70. The van der Waals surface area contributed by atoms with E-state index in [0.29, 0.717) is 12.8 Å². The molecule has 0 spiro atoms. The molecular formula is C41H71NO7. The van der Waals surface area contributed by atoms with Crippen molar-refractivity contribution in [3.05, 3.63) is 48.6 Å². The van der Waals surface area contributed by atoms with E-state index in [4.69, 9.17) is 14.2 Å². The third-order valence-corrected chi connectivity index (χ3v) is 8.32. The number of carboxylic acids is 1. The van der Waals surface area contributed by atoms with Gasteiger partial charge in [-0.05, 0) is 32.1 Å². The highest BCUT2D eigenvalue weighted by Gasteiger charge is 2.25. The van der Waals surface area contributed by atoms with Gasteiger partial charge in [0.25, 0.3) is 0 Å². The maximum atomic E-state index is 12.6. The number of carboxylic acid groups (broad SMARTS) is 1. The van der Waals surface area contributed by atoms with Crippen LogP contribution in [0.25, 0.3) is 0 Å². The molecule has 0 radical (unpaired) electrons.